The Morgan fingerprint density at radius 3 is 2.00 bits per heavy atom. The number of hydrogen-bond donors (Lipinski definition) is 1. The third-order valence-electron chi connectivity index (χ3n) is 1.84. The van der Waals surface area contributed by atoms with Crippen molar-refractivity contribution in [1.82, 2.24) is 0 Å². The van der Waals surface area contributed by atoms with E-state index in [-0.39, 0.29) is 0 Å². The van der Waals surface area contributed by atoms with Crippen molar-refractivity contribution in [3.8, 4) is 0 Å². The second-order valence-electron chi connectivity index (χ2n) is 3.05. The summed E-state index contributed by atoms with van der Waals surface area (Å²) in [4.78, 5) is 19.2. The SMILES string of the molecule is CC(=O)O.O=CC1CCCCC1. The second kappa shape index (κ2) is 6.83. The van der Waals surface area contributed by atoms with Gasteiger partial charge in [-0.3, -0.25) is 4.79 Å². The van der Waals surface area contributed by atoms with Crippen molar-refractivity contribution in [3.63, 3.8) is 0 Å². The number of carbonyl (C=O) groups excluding carboxylic acids is 1. The lowest BCUT2D eigenvalue weighted by Crippen LogP contribution is -2.06. The van der Waals surface area contributed by atoms with Crippen molar-refractivity contribution < 1.29 is 14.7 Å². The summed E-state index contributed by atoms with van der Waals surface area (Å²) in [6, 6.07) is 0. The molecular weight excluding hydrogens is 156 g/mol. The number of aldehydes is 1. The normalized spacial score (nSPS) is 17.4. The highest BCUT2D eigenvalue weighted by atomic mass is 16.4. The molecule has 0 aromatic carbocycles. The molecule has 0 bridgehead atoms. The first-order valence-electron chi connectivity index (χ1n) is 4.31. The van der Waals surface area contributed by atoms with E-state index in [1.165, 1.54) is 19.3 Å². The van der Waals surface area contributed by atoms with E-state index < -0.39 is 5.97 Å². The van der Waals surface area contributed by atoms with Crippen molar-refractivity contribution in [2.45, 2.75) is 39.0 Å². The first-order chi connectivity index (χ1) is 5.66. The first-order valence-corrected chi connectivity index (χ1v) is 4.31. The third kappa shape index (κ3) is 7.25. The van der Waals surface area contributed by atoms with Crippen LogP contribution in [-0.2, 0) is 9.59 Å². The van der Waals surface area contributed by atoms with Crippen LogP contribution in [0.5, 0.6) is 0 Å². The average molecular weight is 172 g/mol. The molecule has 0 aromatic heterocycles. The quantitative estimate of drug-likeness (QED) is 0.614. The van der Waals surface area contributed by atoms with Gasteiger partial charge in [0.1, 0.15) is 6.29 Å². The smallest absolute Gasteiger partial charge is 0.300 e. The fraction of sp³-hybridized carbons (Fsp3) is 0.778. The molecule has 0 aromatic rings. The molecule has 0 radical (unpaired) electrons. The minimum absolute atomic E-state index is 0.406. The van der Waals surface area contributed by atoms with Crippen LogP contribution in [0.25, 0.3) is 0 Å². The highest BCUT2D eigenvalue weighted by molar-refractivity contribution is 5.62. The Balaban J connectivity index is 0.000000261. The largest absolute Gasteiger partial charge is 0.481 e. The van der Waals surface area contributed by atoms with Crippen LogP contribution >= 0.6 is 0 Å². The summed E-state index contributed by atoms with van der Waals surface area (Å²) in [5.74, 6) is -0.427. The average Bonchev–Trinajstić information content (AvgIpc) is 2.05. The Hall–Kier alpha value is -0.860. The van der Waals surface area contributed by atoms with Crippen molar-refractivity contribution in [1.29, 1.82) is 0 Å². The lowest BCUT2D eigenvalue weighted by Gasteiger charge is -2.14. The summed E-state index contributed by atoms with van der Waals surface area (Å²) < 4.78 is 0. The summed E-state index contributed by atoms with van der Waals surface area (Å²) in [5.41, 5.74) is 0. The van der Waals surface area contributed by atoms with E-state index in [1.807, 2.05) is 0 Å². The summed E-state index contributed by atoms with van der Waals surface area (Å²) >= 11 is 0. The Morgan fingerprint density at radius 1 is 1.33 bits per heavy atom. The summed E-state index contributed by atoms with van der Waals surface area (Å²) in [6.45, 7) is 1.08. The molecule has 1 aliphatic rings. The van der Waals surface area contributed by atoms with E-state index >= 15 is 0 Å². The van der Waals surface area contributed by atoms with Gasteiger partial charge in [0, 0.05) is 12.8 Å². The van der Waals surface area contributed by atoms with E-state index in [0.29, 0.717) is 5.92 Å². The van der Waals surface area contributed by atoms with Crippen molar-refractivity contribution in [2.24, 2.45) is 5.92 Å². The van der Waals surface area contributed by atoms with Gasteiger partial charge in [0.05, 0.1) is 0 Å². The molecule has 0 aliphatic heterocycles. The minimum atomic E-state index is -0.833. The molecule has 0 heterocycles. The van der Waals surface area contributed by atoms with Gasteiger partial charge in [-0.1, -0.05) is 19.3 Å². The predicted molar refractivity (Wildman–Crippen MR) is 45.9 cm³/mol. The van der Waals surface area contributed by atoms with Crippen LogP contribution in [0, 0.1) is 5.92 Å². The highest BCUT2D eigenvalue weighted by Crippen LogP contribution is 2.21. The highest BCUT2D eigenvalue weighted by Gasteiger charge is 2.10. The number of rotatable bonds is 1. The number of carboxylic acids is 1. The molecule has 3 heteroatoms. The van der Waals surface area contributed by atoms with Crippen LogP contribution in [0.15, 0.2) is 0 Å². The summed E-state index contributed by atoms with van der Waals surface area (Å²) in [5, 5.41) is 7.42. The van der Waals surface area contributed by atoms with Crippen LogP contribution in [0.2, 0.25) is 0 Å². The second-order valence-corrected chi connectivity index (χ2v) is 3.05. The molecule has 70 valence electrons. The lowest BCUT2D eigenvalue weighted by molar-refractivity contribution is -0.134. The molecule has 0 saturated heterocycles. The van der Waals surface area contributed by atoms with E-state index in [9.17, 15) is 4.79 Å². The molecular formula is C9H16O3. The third-order valence-corrected chi connectivity index (χ3v) is 1.84. The van der Waals surface area contributed by atoms with Gasteiger partial charge in [0.15, 0.2) is 0 Å². The van der Waals surface area contributed by atoms with Crippen molar-refractivity contribution >= 4 is 12.3 Å². The number of aliphatic carboxylic acids is 1. The maximum Gasteiger partial charge on any atom is 0.300 e. The summed E-state index contributed by atoms with van der Waals surface area (Å²) in [6.07, 6.45) is 7.27. The van der Waals surface area contributed by atoms with Gasteiger partial charge >= 0.3 is 0 Å². The molecule has 3 nitrogen and oxygen atoms in total. The van der Waals surface area contributed by atoms with Crippen molar-refractivity contribution in [2.75, 3.05) is 0 Å². The van der Waals surface area contributed by atoms with Crippen molar-refractivity contribution in [3.05, 3.63) is 0 Å². The van der Waals surface area contributed by atoms with Crippen LogP contribution < -0.4 is 0 Å². The molecule has 0 amide bonds. The minimum Gasteiger partial charge on any atom is -0.481 e. The maximum atomic E-state index is 10.2. The van der Waals surface area contributed by atoms with E-state index in [0.717, 1.165) is 26.1 Å². The number of hydrogen-bond acceptors (Lipinski definition) is 2. The van der Waals surface area contributed by atoms with E-state index in [1.54, 1.807) is 0 Å². The topological polar surface area (TPSA) is 54.4 Å². The van der Waals surface area contributed by atoms with Crippen LogP contribution in [-0.4, -0.2) is 17.4 Å². The van der Waals surface area contributed by atoms with Gasteiger partial charge in [-0.05, 0) is 12.8 Å². The zero-order valence-corrected chi connectivity index (χ0v) is 7.45. The Kier molecular flexibility index (Phi) is 6.34. The number of carbonyl (C=O) groups is 2. The van der Waals surface area contributed by atoms with E-state index in [2.05, 4.69) is 0 Å². The van der Waals surface area contributed by atoms with Gasteiger partial charge in [0.2, 0.25) is 0 Å². The van der Waals surface area contributed by atoms with Gasteiger partial charge in [-0.2, -0.15) is 0 Å². The molecule has 1 saturated carbocycles. The molecule has 1 rings (SSSR count). The monoisotopic (exact) mass is 172 g/mol. The maximum absolute atomic E-state index is 10.2. The van der Waals surface area contributed by atoms with Crippen LogP contribution in [0.4, 0.5) is 0 Å². The zero-order chi connectivity index (χ0) is 9.40. The van der Waals surface area contributed by atoms with Gasteiger partial charge < -0.3 is 9.90 Å². The predicted octanol–water partition coefficient (Wildman–Crippen LogP) is 1.86. The summed E-state index contributed by atoms with van der Waals surface area (Å²) in [7, 11) is 0. The lowest BCUT2D eigenvalue weighted by atomic mass is 9.91. The Labute approximate surface area is 72.8 Å². The number of carboxylic acid groups (broad SMARTS) is 1. The molecule has 0 unspecified atom stereocenters. The standard InChI is InChI=1S/C7H12O.C2H4O2/c8-6-7-4-2-1-3-5-7;1-2(3)4/h6-7H,1-5H2;1H3,(H,3,4). The Morgan fingerprint density at radius 2 is 1.75 bits per heavy atom. The molecule has 1 N–H and O–H groups in total. The van der Waals surface area contributed by atoms with Crippen LogP contribution in [0.3, 0.4) is 0 Å². The first kappa shape index (κ1) is 11.1. The fourth-order valence-corrected chi connectivity index (χ4v) is 1.27. The van der Waals surface area contributed by atoms with Crippen LogP contribution in [0.1, 0.15) is 39.0 Å². The fourth-order valence-electron chi connectivity index (χ4n) is 1.27. The molecule has 0 atom stereocenters. The van der Waals surface area contributed by atoms with Gasteiger partial charge in [-0.15, -0.1) is 0 Å². The molecule has 0 spiro atoms. The molecule has 1 fully saturated rings. The zero-order valence-electron chi connectivity index (χ0n) is 7.45. The van der Waals surface area contributed by atoms with Gasteiger partial charge in [0.25, 0.3) is 5.97 Å². The molecule has 12 heavy (non-hydrogen) atoms. The molecule has 1 aliphatic carbocycles. The Bertz CT molecular complexity index is 133. The van der Waals surface area contributed by atoms with Gasteiger partial charge in [-0.25, -0.2) is 0 Å². The van der Waals surface area contributed by atoms with E-state index in [4.69, 9.17) is 9.90 Å².